The molecule has 4 rings (SSSR count). The Labute approximate surface area is 183 Å². The van der Waals surface area contributed by atoms with Crippen LogP contribution in [0.4, 0.5) is 0 Å². The van der Waals surface area contributed by atoms with E-state index in [1.165, 1.54) is 15.1 Å². The Hall–Kier alpha value is -2.33. The molecule has 3 aromatic rings. The molecule has 0 radical (unpaired) electrons. The van der Waals surface area contributed by atoms with E-state index >= 15 is 0 Å². The van der Waals surface area contributed by atoms with E-state index < -0.39 is 10.0 Å². The largest absolute Gasteiger partial charge is 0.282 e. The second kappa shape index (κ2) is 8.81. The molecule has 156 valence electrons. The number of benzene rings is 2. The maximum Gasteiger partial charge on any atom is 0.268 e. The van der Waals surface area contributed by atoms with Gasteiger partial charge in [0, 0.05) is 42.3 Å². The minimum Gasteiger partial charge on any atom is -0.282 e. The van der Waals surface area contributed by atoms with Crippen LogP contribution in [-0.4, -0.2) is 53.6 Å². The summed E-state index contributed by atoms with van der Waals surface area (Å²) in [5.41, 5.74) is 1.49. The third kappa shape index (κ3) is 4.54. The van der Waals surface area contributed by atoms with E-state index in [4.69, 9.17) is 0 Å². The third-order valence-electron chi connectivity index (χ3n) is 5.04. The van der Waals surface area contributed by atoms with Crippen LogP contribution < -0.4 is 5.56 Å². The summed E-state index contributed by atoms with van der Waals surface area (Å²) in [5, 5.41) is 4.49. The Morgan fingerprint density at radius 2 is 1.63 bits per heavy atom. The van der Waals surface area contributed by atoms with E-state index in [1.807, 2.05) is 35.2 Å². The first kappa shape index (κ1) is 20.9. The molecule has 1 fully saturated rings. The van der Waals surface area contributed by atoms with Crippen molar-refractivity contribution in [1.29, 1.82) is 0 Å². The van der Waals surface area contributed by atoms with Gasteiger partial charge < -0.3 is 0 Å². The number of nitrogens with zero attached hydrogens (tertiary/aromatic N) is 4. The number of halogens is 1. The molecule has 0 amide bonds. The van der Waals surface area contributed by atoms with Crippen LogP contribution >= 0.6 is 15.9 Å². The summed E-state index contributed by atoms with van der Waals surface area (Å²) in [6.07, 6.45) is 0. The van der Waals surface area contributed by atoms with Gasteiger partial charge in [0.25, 0.3) is 5.56 Å². The van der Waals surface area contributed by atoms with Crippen LogP contribution in [0.15, 0.2) is 80.9 Å². The Morgan fingerprint density at radius 1 is 0.900 bits per heavy atom. The van der Waals surface area contributed by atoms with Gasteiger partial charge in [0.05, 0.1) is 17.3 Å². The monoisotopic (exact) mass is 488 g/mol. The third-order valence-corrected chi connectivity index (χ3v) is 7.42. The average molecular weight is 489 g/mol. The molecule has 1 saturated heterocycles. The first-order valence-corrected chi connectivity index (χ1v) is 11.8. The van der Waals surface area contributed by atoms with Crippen molar-refractivity contribution in [3.8, 4) is 11.3 Å². The van der Waals surface area contributed by atoms with Crippen molar-refractivity contribution in [2.24, 2.45) is 0 Å². The molecule has 1 aliphatic heterocycles. The smallest absolute Gasteiger partial charge is 0.268 e. The molecule has 0 bridgehead atoms. The van der Waals surface area contributed by atoms with E-state index in [0.29, 0.717) is 32.8 Å². The molecule has 30 heavy (non-hydrogen) atoms. The van der Waals surface area contributed by atoms with Crippen LogP contribution in [0.3, 0.4) is 0 Å². The standard InChI is InChI=1S/C21H21BrN4O3S/c22-18-7-4-8-19(15-18)30(28,29)25-13-11-24(12-14-25)16-26-21(27)10-9-20(23-26)17-5-2-1-3-6-17/h1-10,15H,11-14,16H2. The zero-order valence-electron chi connectivity index (χ0n) is 16.2. The van der Waals surface area contributed by atoms with E-state index in [1.54, 1.807) is 30.3 Å². The summed E-state index contributed by atoms with van der Waals surface area (Å²) in [5.74, 6) is 0. The van der Waals surface area contributed by atoms with Crippen molar-refractivity contribution in [3.63, 3.8) is 0 Å². The SMILES string of the molecule is O=c1ccc(-c2ccccc2)nn1CN1CCN(S(=O)(=O)c2cccc(Br)c2)CC1. The molecule has 7 nitrogen and oxygen atoms in total. The van der Waals surface area contributed by atoms with Gasteiger partial charge in [-0.2, -0.15) is 9.40 Å². The minimum atomic E-state index is -3.54. The normalized spacial score (nSPS) is 15.9. The van der Waals surface area contributed by atoms with Crippen molar-refractivity contribution in [2.45, 2.75) is 11.6 Å². The summed E-state index contributed by atoms with van der Waals surface area (Å²) in [6, 6.07) is 19.6. The quantitative estimate of drug-likeness (QED) is 0.551. The molecule has 9 heteroatoms. The lowest BCUT2D eigenvalue weighted by molar-refractivity contribution is 0.143. The zero-order chi connectivity index (χ0) is 21.1. The minimum absolute atomic E-state index is 0.182. The van der Waals surface area contributed by atoms with Crippen molar-refractivity contribution >= 4 is 26.0 Å². The van der Waals surface area contributed by atoms with Crippen molar-refractivity contribution in [2.75, 3.05) is 26.2 Å². The molecule has 1 aromatic heterocycles. The Bertz CT molecular complexity index is 1190. The summed E-state index contributed by atoms with van der Waals surface area (Å²) in [7, 11) is -3.54. The van der Waals surface area contributed by atoms with Gasteiger partial charge >= 0.3 is 0 Å². The number of piperazine rings is 1. The van der Waals surface area contributed by atoms with E-state index in [0.717, 1.165) is 15.7 Å². The van der Waals surface area contributed by atoms with Gasteiger partial charge in [0.15, 0.2) is 0 Å². The molecule has 0 aliphatic carbocycles. The van der Waals surface area contributed by atoms with Gasteiger partial charge in [-0.05, 0) is 24.3 Å². The van der Waals surface area contributed by atoms with Crippen LogP contribution in [0.1, 0.15) is 0 Å². The van der Waals surface area contributed by atoms with Crippen LogP contribution in [-0.2, 0) is 16.7 Å². The molecule has 0 spiro atoms. The molecule has 0 unspecified atom stereocenters. The fourth-order valence-corrected chi connectivity index (χ4v) is 5.41. The summed E-state index contributed by atoms with van der Waals surface area (Å²) >= 11 is 3.32. The summed E-state index contributed by atoms with van der Waals surface area (Å²) < 4.78 is 29.4. The molecule has 1 aliphatic rings. The topological polar surface area (TPSA) is 75.5 Å². The van der Waals surface area contributed by atoms with Crippen molar-refractivity contribution in [1.82, 2.24) is 19.0 Å². The second-order valence-corrected chi connectivity index (χ2v) is 9.90. The highest BCUT2D eigenvalue weighted by Gasteiger charge is 2.28. The Morgan fingerprint density at radius 3 is 2.33 bits per heavy atom. The molecular weight excluding hydrogens is 468 g/mol. The molecule has 2 aromatic carbocycles. The highest BCUT2D eigenvalue weighted by Crippen LogP contribution is 2.21. The van der Waals surface area contributed by atoms with E-state index in [9.17, 15) is 13.2 Å². The molecule has 0 N–H and O–H groups in total. The van der Waals surface area contributed by atoms with Crippen LogP contribution in [0, 0.1) is 0 Å². The molecule has 0 atom stereocenters. The van der Waals surface area contributed by atoms with Gasteiger partial charge in [-0.15, -0.1) is 0 Å². The van der Waals surface area contributed by atoms with Gasteiger partial charge in [-0.25, -0.2) is 13.1 Å². The zero-order valence-corrected chi connectivity index (χ0v) is 18.6. The highest BCUT2D eigenvalue weighted by atomic mass is 79.9. The number of hydrogen-bond acceptors (Lipinski definition) is 5. The second-order valence-electron chi connectivity index (χ2n) is 7.04. The molecular formula is C21H21BrN4O3S. The Kier molecular flexibility index (Phi) is 6.14. The number of aromatic nitrogens is 2. The molecule has 0 saturated carbocycles. The van der Waals surface area contributed by atoms with Crippen LogP contribution in [0.5, 0.6) is 0 Å². The summed E-state index contributed by atoms with van der Waals surface area (Å²) in [6.45, 7) is 2.10. The lowest BCUT2D eigenvalue weighted by Crippen LogP contribution is -2.49. The van der Waals surface area contributed by atoms with Crippen molar-refractivity contribution < 1.29 is 8.42 Å². The molecule has 2 heterocycles. The van der Waals surface area contributed by atoms with Gasteiger partial charge in [0.1, 0.15) is 0 Å². The Balaban J connectivity index is 1.45. The van der Waals surface area contributed by atoms with E-state index in [2.05, 4.69) is 21.0 Å². The van der Waals surface area contributed by atoms with Gasteiger partial charge in [-0.1, -0.05) is 52.3 Å². The first-order chi connectivity index (χ1) is 14.4. The lowest BCUT2D eigenvalue weighted by atomic mass is 10.1. The maximum atomic E-state index is 12.9. The van der Waals surface area contributed by atoms with Gasteiger partial charge in [-0.3, -0.25) is 9.69 Å². The fraction of sp³-hybridized carbons (Fsp3) is 0.238. The van der Waals surface area contributed by atoms with E-state index in [-0.39, 0.29) is 10.5 Å². The van der Waals surface area contributed by atoms with Crippen LogP contribution in [0.2, 0.25) is 0 Å². The average Bonchev–Trinajstić information content (AvgIpc) is 2.76. The predicted octanol–water partition coefficient (Wildman–Crippen LogP) is 2.64. The predicted molar refractivity (Wildman–Crippen MR) is 118 cm³/mol. The van der Waals surface area contributed by atoms with Crippen molar-refractivity contribution in [3.05, 3.63) is 81.6 Å². The number of sulfonamides is 1. The first-order valence-electron chi connectivity index (χ1n) is 9.55. The number of hydrogen-bond donors (Lipinski definition) is 0. The maximum absolute atomic E-state index is 12.9. The summed E-state index contributed by atoms with van der Waals surface area (Å²) in [4.78, 5) is 14.6. The highest BCUT2D eigenvalue weighted by molar-refractivity contribution is 9.10. The van der Waals surface area contributed by atoms with Gasteiger partial charge in [0.2, 0.25) is 10.0 Å². The van der Waals surface area contributed by atoms with Crippen LogP contribution in [0.25, 0.3) is 11.3 Å². The number of rotatable bonds is 5. The fourth-order valence-electron chi connectivity index (χ4n) is 3.39. The lowest BCUT2D eigenvalue weighted by Gasteiger charge is -2.33.